The third-order valence-electron chi connectivity index (χ3n) is 0.514. The number of carboxylic acids is 1. The molecule has 0 aliphatic heterocycles. The molecule has 0 heterocycles. The number of carbonyl (C=O) groups is 1. The van der Waals surface area contributed by atoms with Crippen LogP contribution in [0.1, 0.15) is 0 Å². The summed E-state index contributed by atoms with van der Waals surface area (Å²) in [6, 6.07) is -0.816. The van der Waals surface area contributed by atoms with Crippen molar-refractivity contribution >= 4 is 36.2 Å². The molecule has 4 radical (unpaired) electrons. The molecule has 11 N–H and O–H groups in total. The van der Waals surface area contributed by atoms with Gasteiger partial charge in [-0.15, -0.1) is 0 Å². The summed E-state index contributed by atoms with van der Waals surface area (Å²) in [5, 5.41) is 8.01. The first kappa shape index (κ1) is 39.9. The molecule has 0 spiro atoms. The van der Waals surface area contributed by atoms with Gasteiger partial charge >= 0.3 is 5.97 Å². The molecule has 0 aliphatic rings. The minimum absolute atomic E-state index is 0. The van der Waals surface area contributed by atoms with E-state index in [4.69, 9.17) is 10.8 Å². The Bertz CT molecular complexity index is 85.2. The molecule has 12 heavy (non-hydrogen) atoms. The van der Waals surface area contributed by atoms with Gasteiger partial charge < -0.3 is 32.7 Å². The van der Waals surface area contributed by atoms with Crippen LogP contribution in [0, 0.1) is 0 Å². The van der Waals surface area contributed by atoms with Gasteiger partial charge in [0.25, 0.3) is 0 Å². The smallest absolute Gasteiger partial charge is 0.321 e. The van der Waals surface area contributed by atoms with Crippen LogP contribution in [0.3, 0.4) is 0 Å². The Balaban J connectivity index is -0.0000000180. The molecule has 0 unspecified atom stereocenters. The number of hydrogen-bond acceptors (Lipinski definition) is 3. The zero-order valence-corrected chi connectivity index (χ0v) is 9.16. The molecular weight excluding hydrogens is 251 g/mol. The molecule has 0 bridgehead atoms. The first-order chi connectivity index (χ1) is 3.18. The predicted molar refractivity (Wildman–Crippen MR) is 49.7 cm³/mol. The molecule has 0 aromatic rings. The third-order valence-corrected chi connectivity index (χ3v) is 0.907. The van der Waals surface area contributed by atoms with Gasteiger partial charge in [-0.3, -0.25) is 4.79 Å². The van der Waals surface area contributed by atoms with Crippen molar-refractivity contribution in [3.8, 4) is 0 Å². The summed E-state index contributed by atoms with van der Waals surface area (Å²) < 4.78 is 0. The minimum atomic E-state index is -1.00. The van der Waals surface area contributed by atoms with Crippen LogP contribution in [0.2, 0.25) is 0 Å². The SMILES string of the molecule is N[C@@H](CS)C(=O)O.O.O.O.O.[Ge]. The van der Waals surface area contributed by atoms with Crippen molar-refractivity contribution in [3.05, 3.63) is 0 Å². The van der Waals surface area contributed by atoms with E-state index in [2.05, 4.69) is 12.6 Å². The van der Waals surface area contributed by atoms with Crippen LogP contribution >= 0.6 is 12.6 Å². The summed E-state index contributed by atoms with van der Waals surface area (Å²) in [4.78, 5) is 9.76. The van der Waals surface area contributed by atoms with E-state index in [1.54, 1.807) is 0 Å². The fraction of sp³-hybridized carbons (Fsp3) is 0.667. The average molecular weight is 266 g/mol. The zero-order chi connectivity index (χ0) is 5.86. The standard InChI is InChI=1S/C3H7NO2S.Ge.4H2O/c4-2(1-7)3(5)6;;;;;/h2,7H,1,4H2,(H,5,6);;4*1H2/t2-;;;;;/m0...../s1. The van der Waals surface area contributed by atoms with Crippen LogP contribution in [0.5, 0.6) is 0 Å². The molecule has 0 saturated carbocycles. The molecule has 0 amide bonds. The predicted octanol–water partition coefficient (Wildman–Crippen LogP) is -4.35. The molecule has 0 aliphatic carbocycles. The number of thiol groups is 1. The Hall–Kier alpha value is 0.163. The number of hydrogen-bond donors (Lipinski definition) is 3. The molecule has 7 nitrogen and oxygen atoms in total. The Morgan fingerprint density at radius 2 is 1.58 bits per heavy atom. The number of aliphatic carboxylic acids is 1. The molecule has 9 heteroatoms. The van der Waals surface area contributed by atoms with Crippen LogP contribution in [-0.2, 0) is 4.79 Å². The first-order valence-electron chi connectivity index (χ1n) is 1.77. The topological polar surface area (TPSA) is 189 Å². The van der Waals surface area contributed by atoms with Crippen molar-refractivity contribution in [3.63, 3.8) is 0 Å². The van der Waals surface area contributed by atoms with Gasteiger partial charge in [-0.1, -0.05) is 0 Å². The van der Waals surface area contributed by atoms with E-state index in [0.29, 0.717) is 0 Å². The molecule has 0 fully saturated rings. The van der Waals surface area contributed by atoms with Crippen molar-refractivity contribution in [2.24, 2.45) is 5.73 Å². The maximum absolute atomic E-state index is 9.76. The fourth-order valence-corrected chi connectivity index (χ4v) is 0.234. The quantitative estimate of drug-likeness (QED) is 0.336. The normalized spacial score (nSPS) is 7.83. The minimum Gasteiger partial charge on any atom is -0.480 e. The van der Waals surface area contributed by atoms with Crippen LogP contribution in [-0.4, -0.2) is 62.4 Å². The molecule has 0 rings (SSSR count). The van der Waals surface area contributed by atoms with Crippen molar-refractivity contribution in [2.75, 3.05) is 5.75 Å². The maximum atomic E-state index is 9.76. The van der Waals surface area contributed by atoms with Gasteiger partial charge in [0.2, 0.25) is 0 Å². The number of nitrogens with two attached hydrogens (primary N) is 1. The zero-order valence-electron chi connectivity index (χ0n) is 6.16. The molecule has 0 aromatic carbocycles. The molecule has 0 aromatic heterocycles. The van der Waals surface area contributed by atoms with Gasteiger partial charge in [0.05, 0.1) is 0 Å². The van der Waals surface area contributed by atoms with Crippen LogP contribution < -0.4 is 5.73 Å². The second-order valence-corrected chi connectivity index (χ2v) is 1.49. The Labute approximate surface area is 85.9 Å². The van der Waals surface area contributed by atoms with Crippen molar-refractivity contribution in [2.45, 2.75) is 6.04 Å². The monoisotopic (exact) mass is 267 g/mol. The van der Waals surface area contributed by atoms with E-state index in [-0.39, 0.29) is 45.3 Å². The second-order valence-electron chi connectivity index (χ2n) is 1.13. The first-order valence-corrected chi connectivity index (χ1v) is 2.41. The van der Waals surface area contributed by atoms with Gasteiger partial charge in [0.15, 0.2) is 0 Å². The summed E-state index contributed by atoms with van der Waals surface area (Å²) >= 11 is 3.65. The van der Waals surface area contributed by atoms with Crippen LogP contribution in [0.15, 0.2) is 0 Å². The van der Waals surface area contributed by atoms with Crippen molar-refractivity contribution in [1.82, 2.24) is 0 Å². The third kappa shape index (κ3) is 22.5. The Kier molecular flexibility index (Phi) is 74.7. The Morgan fingerprint density at radius 3 is 1.58 bits per heavy atom. The van der Waals surface area contributed by atoms with Gasteiger partial charge in [0, 0.05) is 23.3 Å². The van der Waals surface area contributed by atoms with E-state index in [0.717, 1.165) is 0 Å². The summed E-state index contributed by atoms with van der Waals surface area (Å²) in [6.07, 6.45) is 0. The number of rotatable bonds is 2. The summed E-state index contributed by atoms with van der Waals surface area (Å²) in [5.41, 5.74) is 4.94. The molecule has 78 valence electrons. The van der Waals surface area contributed by atoms with E-state index in [1.165, 1.54) is 0 Å². The van der Waals surface area contributed by atoms with E-state index < -0.39 is 12.0 Å². The van der Waals surface area contributed by atoms with E-state index >= 15 is 0 Å². The number of carboxylic acid groups (broad SMARTS) is 1. The van der Waals surface area contributed by atoms with Gasteiger partial charge in [0.1, 0.15) is 6.04 Å². The maximum Gasteiger partial charge on any atom is 0.321 e. The summed E-state index contributed by atoms with van der Waals surface area (Å²) in [6.45, 7) is 0. The van der Waals surface area contributed by atoms with Gasteiger partial charge in [-0.25, -0.2) is 0 Å². The molecule has 1 atom stereocenters. The van der Waals surface area contributed by atoms with Crippen LogP contribution in [0.4, 0.5) is 0 Å². The molecular formula is C3H15GeNO6S. The second kappa shape index (κ2) is 22.5. The van der Waals surface area contributed by atoms with E-state index in [1.807, 2.05) is 0 Å². The summed E-state index contributed by atoms with van der Waals surface area (Å²) in [5.74, 6) is -0.815. The fourth-order valence-electron chi connectivity index (χ4n) is 0.0781. The van der Waals surface area contributed by atoms with Crippen molar-refractivity contribution in [1.29, 1.82) is 0 Å². The molecule has 0 saturated heterocycles. The Morgan fingerprint density at radius 1 is 1.33 bits per heavy atom. The largest absolute Gasteiger partial charge is 0.480 e. The van der Waals surface area contributed by atoms with Gasteiger partial charge in [-0.2, -0.15) is 12.6 Å². The van der Waals surface area contributed by atoms with Crippen molar-refractivity contribution < 1.29 is 31.8 Å². The van der Waals surface area contributed by atoms with E-state index in [9.17, 15) is 4.79 Å². The average Bonchev–Trinajstić information content (AvgIpc) is 1.65. The van der Waals surface area contributed by atoms with Crippen LogP contribution in [0.25, 0.3) is 0 Å². The van der Waals surface area contributed by atoms with Gasteiger partial charge in [-0.05, 0) is 0 Å². The summed E-state index contributed by atoms with van der Waals surface area (Å²) in [7, 11) is 0.